The second-order valence-electron chi connectivity index (χ2n) is 6.22. The maximum absolute atomic E-state index is 5.74. The number of hydrogen-bond acceptors (Lipinski definition) is 4. The zero-order chi connectivity index (χ0) is 14.6. The summed E-state index contributed by atoms with van der Waals surface area (Å²) in [5.74, 6) is 4.33. The van der Waals surface area contributed by atoms with Gasteiger partial charge in [-0.25, -0.2) is 0 Å². The predicted molar refractivity (Wildman–Crippen MR) is 89.6 cm³/mol. The molecule has 0 bridgehead atoms. The van der Waals surface area contributed by atoms with E-state index in [1.165, 1.54) is 4.90 Å². The Hall–Kier alpha value is -0.480. The average Bonchev–Trinajstić information content (AvgIpc) is 2.62. The third-order valence-corrected chi connectivity index (χ3v) is 5.21. The molecule has 0 saturated carbocycles. The quantitative estimate of drug-likeness (QED) is 0.651. The van der Waals surface area contributed by atoms with Crippen LogP contribution in [-0.4, -0.2) is 24.7 Å². The summed E-state index contributed by atoms with van der Waals surface area (Å²) in [7, 11) is 0. The molecule has 4 heteroatoms. The Balaban J connectivity index is 2.01. The molecule has 0 radical (unpaired) electrons. The van der Waals surface area contributed by atoms with Crippen LogP contribution < -0.4 is 9.47 Å². The number of fused-ring (bicyclic) bond motifs is 1. The SMILES string of the molecule is CC(C)(C)C(CS)CSc1ccc2c(c1)OCCCO2. The number of thiol groups is 1. The molecule has 0 saturated heterocycles. The molecule has 2 rings (SSSR count). The molecule has 0 aliphatic carbocycles. The van der Waals surface area contributed by atoms with Gasteiger partial charge in [0.25, 0.3) is 0 Å². The van der Waals surface area contributed by atoms with Crippen LogP contribution in [-0.2, 0) is 0 Å². The highest BCUT2D eigenvalue weighted by Gasteiger charge is 2.23. The van der Waals surface area contributed by atoms with Crippen LogP contribution in [0, 0.1) is 11.3 Å². The van der Waals surface area contributed by atoms with Crippen molar-refractivity contribution in [1.82, 2.24) is 0 Å². The molecular formula is C16H24O2S2. The Labute approximate surface area is 132 Å². The van der Waals surface area contributed by atoms with Gasteiger partial charge in [-0.3, -0.25) is 0 Å². The molecule has 0 fully saturated rings. The first-order valence-corrected chi connectivity index (χ1v) is 8.76. The smallest absolute Gasteiger partial charge is 0.162 e. The first-order chi connectivity index (χ1) is 9.50. The molecule has 1 unspecified atom stereocenters. The normalized spacial score (nSPS) is 16.6. The van der Waals surface area contributed by atoms with Gasteiger partial charge in [0.2, 0.25) is 0 Å². The lowest BCUT2D eigenvalue weighted by atomic mass is 9.83. The molecule has 1 atom stereocenters. The number of benzene rings is 1. The summed E-state index contributed by atoms with van der Waals surface area (Å²) in [5.41, 5.74) is 0.292. The number of ether oxygens (including phenoxy) is 2. The molecule has 2 nitrogen and oxygen atoms in total. The fraction of sp³-hybridized carbons (Fsp3) is 0.625. The minimum Gasteiger partial charge on any atom is -0.490 e. The van der Waals surface area contributed by atoms with Crippen LogP contribution in [0.25, 0.3) is 0 Å². The van der Waals surface area contributed by atoms with Crippen molar-refractivity contribution in [3.05, 3.63) is 18.2 Å². The molecule has 1 aliphatic rings. The molecule has 1 aromatic carbocycles. The van der Waals surface area contributed by atoms with E-state index < -0.39 is 0 Å². The van der Waals surface area contributed by atoms with Gasteiger partial charge in [0.15, 0.2) is 11.5 Å². The van der Waals surface area contributed by atoms with E-state index in [1.807, 2.05) is 17.8 Å². The summed E-state index contributed by atoms with van der Waals surface area (Å²) < 4.78 is 11.4. The highest BCUT2D eigenvalue weighted by Crippen LogP contribution is 2.37. The Bertz CT molecular complexity index is 441. The third-order valence-electron chi connectivity index (χ3n) is 3.62. The maximum atomic E-state index is 5.74. The molecule has 0 aromatic heterocycles. The maximum Gasteiger partial charge on any atom is 0.162 e. The molecule has 1 aromatic rings. The van der Waals surface area contributed by atoms with E-state index in [1.54, 1.807) is 0 Å². The second-order valence-corrected chi connectivity index (χ2v) is 7.67. The van der Waals surface area contributed by atoms with Crippen molar-refractivity contribution in [1.29, 1.82) is 0 Å². The topological polar surface area (TPSA) is 18.5 Å². The van der Waals surface area contributed by atoms with Gasteiger partial charge in [-0.15, -0.1) is 11.8 Å². The zero-order valence-corrected chi connectivity index (χ0v) is 14.2. The monoisotopic (exact) mass is 312 g/mol. The highest BCUT2D eigenvalue weighted by atomic mass is 32.2. The standard InChI is InChI=1S/C16H24O2S2/c1-16(2,3)12(10-19)11-20-13-5-6-14-15(9-13)18-8-4-7-17-14/h5-6,9,12,19H,4,7-8,10-11H2,1-3H3. The summed E-state index contributed by atoms with van der Waals surface area (Å²) in [4.78, 5) is 1.24. The van der Waals surface area contributed by atoms with Crippen LogP contribution >= 0.6 is 24.4 Å². The Morgan fingerprint density at radius 3 is 2.55 bits per heavy atom. The molecule has 1 aliphatic heterocycles. The summed E-state index contributed by atoms with van der Waals surface area (Å²) in [6, 6.07) is 6.25. The molecule has 0 N–H and O–H groups in total. The zero-order valence-electron chi connectivity index (χ0n) is 12.5. The minimum atomic E-state index is 0.292. The van der Waals surface area contributed by atoms with Crippen molar-refractivity contribution < 1.29 is 9.47 Å². The second kappa shape index (κ2) is 6.99. The molecule has 0 amide bonds. The number of hydrogen-bond donors (Lipinski definition) is 1. The van der Waals surface area contributed by atoms with E-state index in [2.05, 4.69) is 45.5 Å². The van der Waals surface area contributed by atoms with Gasteiger partial charge in [-0.05, 0) is 35.3 Å². The summed E-state index contributed by atoms with van der Waals surface area (Å²) in [6.45, 7) is 8.32. The van der Waals surface area contributed by atoms with E-state index in [0.29, 0.717) is 11.3 Å². The van der Waals surface area contributed by atoms with Crippen LogP contribution in [0.3, 0.4) is 0 Å². The van der Waals surface area contributed by atoms with Gasteiger partial charge in [0, 0.05) is 17.1 Å². The van der Waals surface area contributed by atoms with Crippen molar-refractivity contribution in [3.63, 3.8) is 0 Å². The summed E-state index contributed by atoms with van der Waals surface area (Å²) in [6.07, 6.45) is 0.947. The van der Waals surface area contributed by atoms with Crippen LogP contribution in [0.4, 0.5) is 0 Å². The lowest BCUT2D eigenvalue weighted by Crippen LogP contribution is -2.24. The van der Waals surface area contributed by atoms with Gasteiger partial charge in [0.05, 0.1) is 13.2 Å². The summed E-state index contributed by atoms with van der Waals surface area (Å²) in [5, 5.41) is 0. The van der Waals surface area contributed by atoms with E-state index >= 15 is 0 Å². The van der Waals surface area contributed by atoms with E-state index in [9.17, 15) is 0 Å². The van der Waals surface area contributed by atoms with Crippen molar-refractivity contribution >= 4 is 24.4 Å². The molecular weight excluding hydrogens is 288 g/mol. The van der Waals surface area contributed by atoms with Gasteiger partial charge in [-0.2, -0.15) is 12.6 Å². The largest absolute Gasteiger partial charge is 0.490 e. The van der Waals surface area contributed by atoms with Gasteiger partial charge >= 0.3 is 0 Å². The third kappa shape index (κ3) is 4.26. The average molecular weight is 313 g/mol. The van der Waals surface area contributed by atoms with Gasteiger partial charge in [-0.1, -0.05) is 20.8 Å². The van der Waals surface area contributed by atoms with Crippen molar-refractivity contribution in [2.75, 3.05) is 24.7 Å². The van der Waals surface area contributed by atoms with Crippen LogP contribution in [0.15, 0.2) is 23.1 Å². The first-order valence-electron chi connectivity index (χ1n) is 7.14. The Morgan fingerprint density at radius 1 is 1.20 bits per heavy atom. The lowest BCUT2D eigenvalue weighted by Gasteiger charge is -2.29. The molecule has 20 heavy (non-hydrogen) atoms. The lowest BCUT2D eigenvalue weighted by molar-refractivity contribution is 0.294. The highest BCUT2D eigenvalue weighted by molar-refractivity contribution is 7.99. The van der Waals surface area contributed by atoms with Gasteiger partial charge in [0.1, 0.15) is 0 Å². The Morgan fingerprint density at radius 2 is 1.90 bits per heavy atom. The number of rotatable bonds is 4. The van der Waals surface area contributed by atoms with E-state index in [-0.39, 0.29) is 0 Å². The van der Waals surface area contributed by atoms with E-state index in [4.69, 9.17) is 9.47 Å². The Kier molecular flexibility index (Phi) is 5.56. The van der Waals surface area contributed by atoms with Crippen molar-refractivity contribution in [2.45, 2.75) is 32.1 Å². The fourth-order valence-corrected chi connectivity index (χ4v) is 4.22. The molecule has 0 spiro atoms. The van der Waals surface area contributed by atoms with Crippen molar-refractivity contribution in [2.24, 2.45) is 11.3 Å². The molecule has 112 valence electrons. The van der Waals surface area contributed by atoms with Crippen LogP contribution in [0.5, 0.6) is 11.5 Å². The first kappa shape index (κ1) is 15.9. The fourth-order valence-electron chi connectivity index (χ4n) is 2.01. The predicted octanol–water partition coefficient (Wildman–Crippen LogP) is 4.53. The van der Waals surface area contributed by atoms with Crippen LogP contribution in [0.1, 0.15) is 27.2 Å². The number of thioether (sulfide) groups is 1. The van der Waals surface area contributed by atoms with Crippen LogP contribution in [0.2, 0.25) is 0 Å². The van der Waals surface area contributed by atoms with Gasteiger partial charge < -0.3 is 9.47 Å². The van der Waals surface area contributed by atoms with E-state index in [0.717, 1.165) is 42.6 Å². The van der Waals surface area contributed by atoms with Crippen molar-refractivity contribution in [3.8, 4) is 11.5 Å². The molecule has 1 heterocycles. The minimum absolute atomic E-state index is 0.292. The summed E-state index contributed by atoms with van der Waals surface area (Å²) >= 11 is 6.37.